The number of ether oxygens (including phenoxy) is 1. The SMILES string of the molecule is C#CCOC(N)=c1cnn2c(=O)cc(-c3ccc4n[nH]nc4c3)nc12.Cl. The Balaban J connectivity index is 0.00000196. The summed E-state index contributed by atoms with van der Waals surface area (Å²) in [6.07, 6.45) is 6.58. The van der Waals surface area contributed by atoms with Crippen LogP contribution in [0.4, 0.5) is 0 Å². The summed E-state index contributed by atoms with van der Waals surface area (Å²) in [5.74, 6) is 2.38. The molecule has 0 aliphatic carbocycles. The Kier molecular flexibility index (Phi) is 4.43. The minimum absolute atomic E-state index is 0. The van der Waals surface area contributed by atoms with E-state index in [0.717, 1.165) is 15.6 Å². The van der Waals surface area contributed by atoms with Gasteiger partial charge in [0, 0.05) is 11.6 Å². The van der Waals surface area contributed by atoms with Gasteiger partial charge in [-0.2, -0.15) is 25.0 Å². The molecule has 0 radical (unpaired) electrons. The molecule has 4 rings (SSSR count). The largest absolute Gasteiger partial charge is 0.466 e. The fourth-order valence-electron chi connectivity index (χ4n) is 2.45. The number of fused-ring (bicyclic) bond motifs is 2. The maximum atomic E-state index is 12.3. The lowest BCUT2D eigenvalue weighted by Crippen LogP contribution is -2.20. The van der Waals surface area contributed by atoms with Gasteiger partial charge < -0.3 is 10.5 Å². The Bertz CT molecular complexity index is 1260. The zero-order chi connectivity index (χ0) is 17.4. The molecule has 0 amide bonds. The Labute approximate surface area is 152 Å². The molecule has 10 heteroatoms. The number of terminal acetylenes is 1. The molecule has 130 valence electrons. The molecule has 0 spiro atoms. The van der Waals surface area contributed by atoms with E-state index in [1.54, 1.807) is 18.2 Å². The molecule has 0 aliphatic rings. The molecular formula is C16H12ClN7O2. The van der Waals surface area contributed by atoms with Gasteiger partial charge in [0.25, 0.3) is 5.56 Å². The molecule has 1 aromatic carbocycles. The van der Waals surface area contributed by atoms with Crippen molar-refractivity contribution in [1.82, 2.24) is 30.0 Å². The summed E-state index contributed by atoms with van der Waals surface area (Å²) >= 11 is 0. The molecule has 0 aliphatic heterocycles. The Hall–Kier alpha value is -3.64. The highest BCUT2D eigenvalue weighted by Gasteiger charge is 2.11. The molecule has 0 saturated carbocycles. The minimum Gasteiger partial charge on any atom is -0.466 e. The quantitative estimate of drug-likeness (QED) is 0.481. The first-order valence-corrected chi connectivity index (χ1v) is 7.23. The van der Waals surface area contributed by atoms with Crippen molar-refractivity contribution in [2.45, 2.75) is 0 Å². The standard InChI is InChI=1S/C16H11N7O2.ClH/c1-2-5-25-15(17)10-8-18-23-14(24)7-12(19-16(10)23)9-3-4-11-13(6-9)21-22-20-11;/h1,3-4,6-8H,5,17H2,(H,20,21,22);1H. The van der Waals surface area contributed by atoms with Crippen LogP contribution in [0.2, 0.25) is 0 Å². The first-order chi connectivity index (χ1) is 12.2. The lowest BCUT2D eigenvalue weighted by Gasteiger charge is -2.02. The van der Waals surface area contributed by atoms with Gasteiger partial charge in [0.2, 0.25) is 0 Å². The Morgan fingerprint density at radius 2 is 2.12 bits per heavy atom. The van der Waals surface area contributed by atoms with E-state index in [1.807, 2.05) is 0 Å². The van der Waals surface area contributed by atoms with Crippen molar-refractivity contribution in [2.75, 3.05) is 6.61 Å². The van der Waals surface area contributed by atoms with Crippen LogP contribution in [0.15, 0.2) is 35.3 Å². The smallest absolute Gasteiger partial charge is 0.275 e. The fourth-order valence-corrected chi connectivity index (χ4v) is 2.45. The van der Waals surface area contributed by atoms with Gasteiger partial charge in [-0.3, -0.25) is 4.79 Å². The topological polar surface area (TPSA) is 124 Å². The summed E-state index contributed by atoms with van der Waals surface area (Å²) < 4.78 is 6.37. The Morgan fingerprint density at radius 3 is 2.92 bits per heavy atom. The number of benzene rings is 1. The lowest BCUT2D eigenvalue weighted by atomic mass is 10.1. The zero-order valence-corrected chi connectivity index (χ0v) is 14.0. The number of aromatic amines is 1. The van der Waals surface area contributed by atoms with E-state index in [0.29, 0.717) is 16.4 Å². The maximum Gasteiger partial charge on any atom is 0.275 e. The number of nitrogens with two attached hydrogens (primary N) is 1. The lowest BCUT2D eigenvalue weighted by molar-refractivity contribution is 0.315. The molecule has 3 heterocycles. The predicted molar refractivity (Wildman–Crippen MR) is 97.0 cm³/mol. The van der Waals surface area contributed by atoms with Crippen LogP contribution in [0.1, 0.15) is 0 Å². The summed E-state index contributed by atoms with van der Waals surface area (Å²) in [7, 11) is 0. The average molecular weight is 370 g/mol. The summed E-state index contributed by atoms with van der Waals surface area (Å²) in [5.41, 5.74) is 8.40. The van der Waals surface area contributed by atoms with Gasteiger partial charge in [0.1, 0.15) is 17.6 Å². The number of halogens is 1. The number of nitrogens with one attached hydrogen (secondary N) is 1. The first kappa shape index (κ1) is 17.2. The van der Waals surface area contributed by atoms with E-state index in [4.69, 9.17) is 16.9 Å². The van der Waals surface area contributed by atoms with Gasteiger partial charge in [0.15, 0.2) is 11.5 Å². The molecule has 3 N–H and O–H groups in total. The molecular weight excluding hydrogens is 358 g/mol. The normalized spacial score (nSPS) is 11.8. The summed E-state index contributed by atoms with van der Waals surface area (Å²) in [4.78, 5) is 16.8. The molecule has 0 fully saturated rings. The van der Waals surface area contributed by atoms with Crippen LogP contribution >= 0.6 is 12.4 Å². The van der Waals surface area contributed by atoms with Gasteiger partial charge in [-0.05, 0) is 12.1 Å². The first-order valence-electron chi connectivity index (χ1n) is 7.23. The van der Waals surface area contributed by atoms with Gasteiger partial charge in [-0.15, -0.1) is 18.8 Å². The summed E-state index contributed by atoms with van der Waals surface area (Å²) in [5, 5.41) is 15.0. The van der Waals surface area contributed by atoms with E-state index < -0.39 is 0 Å². The molecule has 0 saturated heterocycles. The second-order valence-electron chi connectivity index (χ2n) is 5.16. The monoisotopic (exact) mass is 369 g/mol. The van der Waals surface area contributed by atoms with Crippen LogP contribution in [0.25, 0.3) is 33.8 Å². The van der Waals surface area contributed by atoms with Gasteiger partial charge in [0.05, 0.1) is 17.1 Å². The maximum absolute atomic E-state index is 12.3. The molecule has 0 atom stereocenters. The molecule has 0 bridgehead atoms. The van der Waals surface area contributed by atoms with Gasteiger partial charge >= 0.3 is 0 Å². The van der Waals surface area contributed by atoms with Crippen LogP contribution in [0, 0.1) is 12.3 Å². The minimum atomic E-state index is -0.337. The van der Waals surface area contributed by atoms with Crippen LogP contribution in [-0.2, 0) is 4.74 Å². The molecule has 4 aromatic rings. The zero-order valence-electron chi connectivity index (χ0n) is 13.2. The molecule has 3 aromatic heterocycles. The summed E-state index contributed by atoms with van der Waals surface area (Å²) in [6.45, 7) is 0.00984. The van der Waals surface area contributed by atoms with Crippen molar-refractivity contribution in [2.24, 2.45) is 5.73 Å². The number of hydrogen-bond donors (Lipinski definition) is 2. The van der Waals surface area contributed by atoms with Crippen molar-refractivity contribution in [3.63, 3.8) is 0 Å². The number of H-pyrrole nitrogens is 1. The van der Waals surface area contributed by atoms with E-state index in [1.165, 1.54) is 12.3 Å². The second kappa shape index (κ2) is 6.70. The van der Waals surface area contributed by atoms with Crippen LogP contribution in [0.3, 0.4) is 0 Å². The second-order valence-corrected chi connectivity index (χ2v) is 5.16. The number of hydrogen-bond acceptors (Lipinski definition) is 7. The highest BCUT2D eigenvalue weighted by atomic mass is 35.5. The third-order valence-electron chi connectivity index (χ3n) is 3.63. The molecule has 0 unspecified atom stereocenters. The van der Waals surface area contributed by atoms with Gasteiger partial charge in [-0.1, -0.05) is 12.0 Å². The summed E-state index contributed by atoms with van der Waals surface area (Å²) in [6, 6.07) is 6.78. The average Bonchev–Trinajstić information content (AvgIpc) is 3.25. The number of nitrogens with zero attached hydrogens (tertiary/aromatic N) is 5. The van der Waals surface area contributed by atoms with Crippen LogP contribution in [-0.4, -0.2) is 36.6 Å². The van der Waals surface area contributed by atoms with E-state index >= 15 is 0 Å². The predicted octanol–water partition coefficient (Wildman–Crippen LogP) is -0.157. The highest BCUT2D eigenvalue weighted by Crippen LogP contribution is 2.19. The van der Waals surface area contributed by atoms with Crippen molar-refractivity contribution >= 4 is 35.0 Å². The van der Waals surface area contributed by atoms with Crippen LogP contribution < -0.4 is 16.5 Å². The fraction of sp³-hybridized carbons (Fsp3) is 0.0625. The van der Waals surface area contributed by atoms with E-state index in [9.17, 15) is 4.79 Å². The van der Waals surface area contributed by atoms with Crippen LogP contribution in [0.5, 0.6) is 0 Å². The van der Waals surface area contributed by atoms with E-state index in [-0.39, 0.29) is 36.1 Å². The number of aromatic nitrogens is 6. The van der Waals surface area contributed by atoms with Gasteiger partial charge in [-0.25, -0.2) is 4.98 Å². The van der Waals surface area contributed by atoms with Crippen molar-refractivity contribution < 1.29 is 4.74 Å². The third-order valence-corrected chi connectivity index (χ3v) is 3.63. The highest BCUT2D eigenvalue weighted by molar-refractivity contribution is 5.85. The van der Waals surface area contributed by atoms with Crippen molar-refractivity contribution in [3.05, 3.63) is 46.0 Å². The Morgan fingerprint density at radius 1 is 1.31 bits per heavy atom. The third kappa shape index (κ3) is 2.78. The van der Waals surface area contributed by atoms with Crippen molar-refractivity contribution in [1.29, 1.82) is 0 Å². The van der Waals surface area contributed by atoms with Crippen molar-refractivity contribution in [3.8, 4) is 23.6 Å². The number of rotatable bonds is 3. The molecule has 9 nitrogen and oxygen atoms in total. The van der Waals surface area contributed by atoms with E-state index in [2.05, 4.69) is 31.4 Å². The molecule has 26 heavy (non-hydrogen) atoms.